The van der Waals surface area contributed by atoms with Crippen LogP contribution in [0.2, 0.25) is 0 Å². The second-order valence-electron chi connectivity index (χ2n) is 3.79. The van der Waals surface area contributed by atoms with Crippen molar-refractivity contribution in [2.75, 3.05) is 5.73 Å². The summed E-state index contributed by atoms with van der Waals surface area (Å²) in [5, 5.41) is 3.76. The largest absolute Gasteiger partial charge is 0.375 e. The van der Waals surface area contributed by atoms with Crippen LogP contribution < -0.4 is 5.73 Å². The van der Waals surface area contributed by atoms with Gasteiger partial charge >= 0.3 is 0 Å². The van der Waals surface area contributed by atoms with Gasteiger partial charge in [-0.15, -0.1) is 22.7 Å². The SMILES string of the molecule is CC(C)Cc1ncc(-c2csc(N)n2)s1. The first kappa shape index (κ1) is 10.6. The Morgan fingerprint density at radius 1 is 1.47 bits per heavy atom. The fraction of sp³-hybridized carbons (Fsp3) is 0.400. The number of anilines is 1. The number of rotatable bonds is 3. The van der Waals surface area contributed by atoms with Crippen molar-refractivity contribution < 1.29 is 0 Å². The van der Waals surface area contributed by atoms with Crippen LogP contribution in [-0.4, -0.2) is 9.97 Å². The third kappa shape index (κ3) is 2.54. The molecule has 2 aromatic heterocycles. The van der Waals surface area contributed by atoms with Gasteiger partial charge in [-0.2, -0.15) is 0 Å². The lowest BCUT2D eigenvalue weighted by Crippen LogP contribution is -1.91. The van der Waals surface area contributed by atoms with Gasteiger partial charge in [-0.05, 0) is 5.92 Å². The minimum absolute atomic E-state index is 0.615. The Morgan fingerprint density at radius 3 is 2.87 bits per heavy atom. The molecule has 0 saturated heterocycles. The number of nitrogens with zero attached hydrogens (tertiary/aromatic N) is 2. The van der Waals surface area contributed by atoms with E-state index in [4.69, 9.17) is 5.73 Å². The molecule has 0 spiro atoms. The monoisotopic (exact) mass is 239 g/mol. The van der Waals surface area contributed by atoms with Gasteiger partial charge in [0.15, 0.2) is 5.13 Å². The van der Waals surface area contributed by atoms with E-state index < -0.39 is 0 Å². The molecule has 0 atom stereocenters. The molecule has 0 aliphatic carbocycles. The summed E-state index contributed by atoms with van der Waals surface area (Å²) in [6, 6.07) is 0. The van der Waals surface area contributed by atoms with Crippen molar-refractivity contribution in [1.82, 2.24) is 9.97 Å². The molecule has 2 rings (SSSR count). The number of aromatic nitrogens is 2. The van der Waals surface area contributed by atoms with Crippen molar-refractivity contribution in [3.8, 4) is 10.6 Å². The van der Waals surface area contributed by atoms with Crippen molar-refractivity contribution >= 4 is 27.8 Å². The van der Waals surface area contributed by atoms with E-state index in [2.05, 4.69) is 23.8 Å². The zero-order valence-corrected chi connectivity index (χ0v) is 10.4. The van der Waals surface area contributed by atoms with E-state index >= 15 is 0 Å². The van der Waals surface area contributed by atoms with E-state index in [1.165, 1.54) is 16.3 Å². The maximum Gasteiger partial charge on any atom is 0.180 e. The molecule has 0 aliphatic rings. The highest BCUT2D eigenvalue weighted by molar-refractivity contribution is 7.16. The zero-order valence-electron chi connectivity index (χ0n) is 8.73. The molecule has 0 bridgehead atoms. The molecular formula is C10H13N3S2. The average Bonchev–Trinajstić information content (AvgIpc) is 2.72. The van der Waals surface area contributed by atoms with Crippen LogP contribution in [0.3, 0.4) is 0 Å². The van der Waals surface area contributed by atoms with Crippen molar-refractivity contribution in [3.05, 3.63) is 16.6 Å². The third-order valence-corrected chi connectivity index (χ3v) is 3.63. The number of hydrogen-bond donors (Lipinski definition) is 1. The number of nitrogen functional groups attached to an aromatic ring is 1. The molecule has 0 aliphatic heterocycles. The summed E-state index contributed by atoms with van der Waals surface area (Å²) in [6.07, 6.45) is 2.92. The minimum atomic E-state index is 0.615. The smallest absolute Gasteiger partial charge is 0.180 e. The molecule has 80 valence electrons. The van der Waals surface area contributed by atoms with Gasteiger partial charge < -0.3 is 5.73 Å². The summed E-state index contributed by atoms with van der Waals surface area (Å²) in [5.74, 6) is 0.643. The Balaban J connectivity index is 2.20. The lowest BCUT2D eigenvalue weighted by atomic mass is 10.1. The first-order valence-corrected chi connectivity index (χ1v) is 6.51. The highest BCUT2D eigenvalue weighted by atomic mass is 32.1. The van der Waals surface area contributed by atoms with Gasteiger partial charge in [0.1, 0.15) is 0 Å². The molecule has 2 aromatic rings. The van der Waals surface area contributed by atoms with Crippen LogP contribution in [0.1, 0.15) is 18.9 Å². The van der Waals surface area contributed by atoms with E-state index in [9.17, 15) is 0 Å². The normalized spacial score (nSPS) is 11.1. The molecule has 0 saturated carbocycles. The van der Waals surface area contributed by atoms with Gasteiger partial charge in [0.2, 0.25) is 0 Å². The maximum absolute atomic E-state index is 5.60. The summed E-state index contributed by atoms with van der Waals surface area (Å²) < 4.78 is 0. The zero-order chi connectivity index (χ0) is 10.8. The van der Waals surface area contributed by atoms with Crippen LogP contribution in [0.15, 0.2) is 11.6 Å². The Bertz CT molecular complexity index is 445. The van der Waals surface area contributed by atoms with E-state index in [0.717, 1.165) is 17.0 Å². The standard InChI is InChI=1S/C10H13N3S2/c1-6(2)3-9-12-4-8(15-9)7-5-14-10(11)13-7/h4-6H,3H2,1-2H3,(H2,11,13). The average molecular weight is 239 g/mol. The van der Waals surface area contributed by atoms with Gasteiger partial charge in [0, 0.05) is 18.0 Å². The predicted octanol–water partition coefficient (Wildman–Crippen LogP) is 3.05. The Morgan fingerprint density at radius 2 is 2.27 bits per heavy atom. The van der Waals surface area contributed by atoms with Gasteiger partial charge in [-0.1, -0.05) is 13.8 Å². The molecular weight excluding hydrogens is 226 g/mol. The van der Waals surface area contributed by atoms with Gasteiger partial charge in [-0.3, -0.25) is 0 Å². The second kappa shape index (κ2) is 4.28. The first-order valence-electron chi connectivity index (χ1n) is 4.81. The van der Waals surface area contributed by atoms with Crippen LogP contribution in [0.4, 0.5) is 5.13 Å². The summed E-state index contributed by atoms with van der Waals surface area (Å²) >= 11 is 3.17. The molecule has 2 heterocycles. The van der Waals surface area contributed by atoms with Gasteiger partial charge in [-0.25, -0.2) is 9.97 Å². The van der Waals surface area contributed by atoms with Crippen LogP contribution >= 0.6 is 22.7 Å². The maximum atomic E-state index is 5.60. The van der Waals surface area contributed by atoms with Gasteiger partial charge in [0.25, 0.3) is 0 Å². The highest BCUT2D eigenvalue weighted by Gasteiger charge is 2.08. The van der Waals surface area contributed by atoms with E-state index in [0.29, 0.717) is 11.0 Å². The topological polar surface area (TPSA) is 51.8 Å². The summed E-state index contributed by atoms with van der Waals surface area (Å²) in [5.41, 5.74) is 6.54. The third-order valence-electron chi connectivity index (χ3n) is 1.91. The minimum Gasteiger partial charge on any atom is -0.375 e. The fourth-order valence-corrected chi connectivity index (χ4v) is 3.00. The Kier molecular flexibility index (Phi) is 3.02. The van der Waals surface area contributed by atoms with E-state index in [-0.39, 0.29) is 0 Å². The molecule has 3 nitrogen and oxygen atoms in total. The highest BCUT2D eigenvalue weighted by Crippen LogP contribution is 2.28. The lowest BCUT2D eigenvalue weighted by molar-refractivity contribution is 0.644. The van der Waals surface area contributed by atoms with E-state index in [1.54, 1.807) is 11.3 Å². The van der Waals surface area contributed by atoms with Crippen molar-refractivity contribution in [1.29, 1.82) is 0 Å². The summed E-state index contributed by atoms with van der Waals surface area (Å²) in [7, 11) is 0. The lowest BCUT2D eigenvalue weighted by Gasteiger charge is -1.97. The van der Waals surface area contributed by atoms with Crippen molar-refractivity contribution in [2.24, 2.45) is 5.92 Å². The molecule has 15 heavy (non-hydrogen) atoms. The van der Waals surface area contributed by atoms with Crippen LogP contribution in [0.25, 0.3) is 10.6 Å². The molecule has 0 fully saturated rings. The van der Waals surface area contributed by atoms with Crippen LogP contribution in [0, 0.1) is 5.92 Å². The van der Waals surface area contributed by atoms with Gasteiger partial charge in [0.05, 0.1) is 15.6 Å². The molecule has 0 aromatic carbocycles. The van der Waals surface area contributed by atoms with Crippen LogP contribution in [-0.2, 0) is 6.42 Å². The first-order chi connectivity index (χ1) is 7.15. The van der Waals surface area contributed by atoms with E-state index in [1.807, 2.05) is 11.6 Å². The molecule has 2 N–H and O–H groups in total. The quantitative estimate of drug-likeness (QED) is 0.895. The summed E-state index contributed by atoms with van der Waals surface area (Å²) in [6.45, 7) is 4.39. The molecule has 5 heteroatoms. The Labute approximate surface area is 97.0 Å². The number of nitrogens with two attached hydrogens (primary N) is 1. The Hall–Kier alpha value is -0.940. The molecule has 0 amide bonds. The molecule has 0 unspecified atom stereocenters. The van der Waals surface area contributed by atoms with Crippen molar-refractivity contribution in [2.45, 2.75) is 20.3 Å². The second-order valence-corrected chi connectivity index (χ2v) is 5.79. The number of thiazole rings is 2. The fourth-order valence-electron chi connectivity index (χ4n) is 1.27. The number of hydrogen-bond acceptors (Lipinski definition) is 5. The summed E-state index contributed by atoms with van der Waals surface area (Å²) in [4.78, 5) is 9.73. The predicted molar refractivity (Wildman–Crippen MR) is 66.2 cm³/mol. The molecule has 0 radical (unpaired) electrons. The van der Waals surface area contributed by atoms with Crippen LogP contribution in [0.5, 0.6) is 0 Å². The van der Waals surface area contributed by atoms with Crippen molar-refractivity contribution in [3.63, 3.8) is 0 Å².